The Morgan fingerprint density at radius 2 is 2.00 bits per heavy atom. The third-order valence-corrected chi connectivity index (χ3v) is 3.68. The molecule has 1 aliphatic heterocycles. The lowest BCUT2D eigenvalue weighted by Crippen LogP contribution is -2.37. The largest absolute Gasteiger partial charge is 0.380 e. The van der Waals surface area contributed by atoms with E-state index < -0.39 is 0 Å². The molecule has 1 aliphatic carbocycles. The highest BCUT2D eigenvalue weighted by Crippen LogP contribution is 2.34. The summed E-state index contributed by atoms with van der Waals surface area (Å²) >= 11 is 0. The number of benzene rings is 1. The molecule has 2 aliphatic rings. The fourth-order valence-electron chi connectivity index (χ4n) is 2.79. The van der Waals surface area contributed by atoms with Crippen LogP contribution in [0.25, 0.3) is 0 Å². The van der Waals surface area contributed by atoms with Crippen molar-refractivity contribution in [2.45, 2.75) is 31.7 Å². The van der Waals surface area contributed by atoms with Gasteiger partial charge in [-0.25, -0.2) is 4.39 Å². The molecule has 2 atom stereocenters. The maximum Gasteiger partial charge on any atom is 0.229 e. The van der Waals surface area contributed by atoms with Gasteiger partial charge in [-0.2, -0.15) is 0 Å². The molecule has 90 valence electrons. The van der Waals surface area contributed by atoms with E-state index in [2.05, 4.69) is 10.6 Å². The van der Waals surface area contributed by atoms with Gasteiger partial charge in [0.2, 0.25) is 5.91 Å². The van der Waals surface area contributed by atoms with Crippen LogP contribution >= 0.6 is 0 Å². The Morgan fingerprint density at radius 1 is 1.18 bits per heavy atom. The van der Waals surface area contributed by atoms with Gasteiger partial charge in [-0.3, -0.25) is 4.79 Å². The molecule has 0 radical (unpaired) electrons. The number of carbonyl (C=O) groups excluding carboxylic acids is 1. The summed E-state index contributed by atoms with van der Waals surface area (Å²) in [5.74, 6) is -0.202. The van der Waals surface area contributed by atoms with Crippen LogP contribution in [0.4, 0.5) is 15.8 Å². The first-order valence-corrected chi connectivity index (χ1v) is 6.11. The lowest BCUT2D eigenvalue weighted by atomic mass is 9.84. The smallest absolute Gasteiger partial charge is 0.229 e. The second-order valence-electron chi connectivity index (χ2n) is 4.82. The number of anilines is 2. The molecule has 3 rings (SSSR count). The zero-order valence-electron chi connectivity index (χ0n) is 9.50. The summed E-state index contributed by atoms with van der Waals surface area (Å²) in [6.07, 6.45) is 4.13. The topological polar surface area (TPSA) is 41.1 Å². The van der Waals surface area contributed by atoms with Crippen molar-refractivity contribution in [3.05, 3.63) is 24.0 Å². The van der Waals surface area contributed by atoms with Crippen molar-refractivity contribution in [1.29, 1.82) is 0 Å². The Labute approximate surface area is 99.4 Å². The van der Waals surface area contributed by atoms with Gasteiger partial charge in [0.25, 0.3) is 0 Å². The minimum atomic E-state index is -0.278. The van der Waals surface area contributed by atoms with Crippen LogP contribution in [-0.4, -0.2) is 11.9 Å². The fourth-order valence-corrected chi connectivity index (χ4v) is 2.79. The van der Waals surface area contributed by atoms with E-state index in [1.54, 1.807) is 6.07 Å². The van der Waals surface area contributed by atoms with Gasteiger partial charge in [0.05, 0.1) is 17.3 Å². The highest BCUT2D eigenvalue weighted by Gasteiger charge is 2.33. The van der Waals surface area contributed by atoms with Crippen LogP contribution in [0.5, 0.6) is 0 Å². The number of halogens is 1. The van der Waals surface area contributed by atoms with E-state index >= 15 is 0 Å². The maximum absolute atomic E-state index is 13.2. The predicted octanol–water partition coefficient (Wildman–Crippen LogP) is 2.75. The summed E-state index contributed by atoms with van der Waals surface area (Å²) < 4.78 is 13.2. The van der Waals surface area contributed by atoms with Crippen LogP contribution in [0.1, 0.15) is 25.7 Å². The third kappa shape index (κ3) is 1.88. The summed E-state index contributed by atoms with van der Waals surface area (Å²) in [6, 6.07) is 4.58. The molecule has 0 aromatic heterocycles. The summed E-state index contributed by atoms with van der Waals surface area (Å²) in [4.78, 5) is 12.1. The molecular formula is C13H15FN2O. The minimum Gasteiger partial charge on any atom is -0.380 e. The van der Waals surface area contributed by atoms with Gasteiger partial charge >= 0.3 is 0 Å². The normalized spacial score (nSPS) is 27.2. The van der Waals surface area contributed by atoms with Gasteiger partial charge in [0, 0.05) is 6.04 Å². The van der Waals surface area contributed by atoms with Crippen LogP contribution in [0.3, 0.4) is 0 Å². The molecule has 1 heterocycles. The second kappa shape index (κ2) is 4.02. The molecule has 1 saturated carbocycles. The lowest BCUT2D eigenvalue weighted by Gasteiger charge is -2.29. The standard InChI is InChI=1S/C13H15FN2O/c14-8-5-6-11-12(7-8)15-10-4-2-1-3-9(10)13(17)16-11/h5-7,9-10,15H,1-4H2,(H,16,17). The van der Waals surface area contributed by atoms with E-state index in [0.29, 0.717) is 11.4 Å². The zero-order chi connectivity index (χ0) is 11.8. The van der Waals surface area contributed by atoms with Crippen LogP contribution < -0.4 is 10.6 Å². The van der Waals surface area contributed by atoms with Crippen molar-refractivity contribution < 1.29 is 9.18 Å². The van der Waals surface area contributed by atoms with Crippen LogP contribution in [0.15, 0.2) is 18.2 Å². The number of carbonyl (C=O) groups is 1. The SMILES string of the molecule is O=C1Nc2ccc(F)cc2NC2CCCCC12. The number of hydrogen-bond donors (Lipinski definition) is 2. The monoisotopic (exact) mass is 234 g/mol. The van der Waals surface area contributed by atoms with Gasteiger partial charge < -0.3 is 10.6 Å². The van der Waals surface area contributed by atoms with Gasteiger partial charge in [-0.15, -0.1) is 0 Å². The average molecular weight is 234 g/mol. The Hall–Kier alpha value is -1.58. The van der Waals surface area contributed by atoms with E-state index in [9.17, 15) is 9.18 Å². The van der Waals surface area contributed by atoms with Gasteiger partial charge in [0.1, 0.15) is 5.82 Å². The van der Waals surface area contributed by atoms with Crippen molar-refractivity contribution in [1.82, 2.24) is 0 Å². The van der Waals surface area contributed by atoms with Gasteiger partial charge in [-0.05, 0) is 31.0 Å². The van der Waals surface area contributed by atoms with Gasteiger partial charge in [0.15, 0.2) is 0 Å². The fraction of sp³-hybridized carbons (Fsp3) is 0.462. The first-order chi connectivity index (χ1) is 8.24. The van der Waals surface area contributed by atoms with Crippen LogP contribution in [-0.2, 0) is 4.79 Å². The first kappa shape index (κ1) is 10.6. The summed E-state index contributed by atoms with van der Waals surface area (Å²) in [5.41, 5.74) is 1.39. The van der Waals surface area contributed by atoms with E-state index in [0.717, 1.165) is 25.7 Å². The van der Waals surface area contributed by atoms with Crippen molar-refractivity contribution in [2.75, 3.05) is 10.6 Å². The first-order valence-electron chi connectivity index (χ1n) is 6.11. The quantitative estimate of drug-likeness (QED) is 0.724. The van der Waals surface area contributed by atoms with E-state index in [4.69, 9.17) is 0 Å². The number of nitrogens with one attached hydrogen (secondary N) is 2. The Balaban J connectivity index is 1.98. The molecule has 1 fully saturated rings. The molecule has 17 heavy (non-hydrogen) atoms. The zero-order valence-corrected chi connectivity index (χ0v) is 9.50. The number of rotatable bonds is 0. The predicted molar refractivity (Wildman–Crippen MR) is 64.4 cm³/mol. The van der Waals surface area contributed by atoms with E-state index in [1.807, 2.05) is 0 Å². The number of hydrogen-bond acceptors (Lipinski definition) is 2. The molecule has 3 nitrogen and oxygen atoms in total. The van der Waals surface area contributed by atoms with Crippen molar-refractivity contribution in [2.24, 2.45) is 5.92 Å². The van der Waals surface area contributed by atoms with E-state index in [1.165, 1.54) is 12.1 Å². The van der Waals surface area contributed by atoms with Crippen molar-refractivity contribution >= 4 is 17.3 Å². The summed E-state index contributed by atoms with van der Waals surface area (Å²) in [5, 5.41) is 6.19. The Kier molecular flexibility index (Phi) is 2.50. The Bertz CT molecular complexity index is 461. The Morgan fingerprint density at radius 3 is 2.88 bits per heavy atom. The lowest BCUT2D eigenvalue weighted by molar-refractivity contribution is -0.120. The molecule has 0 saturated heterocycles. The molecular weight excluding hydrogens is 219 g/mol. The number of amides is 1. The number of fused-ring (bicyclic) bond motifs is 2. The van der Waals surface area contributed by atoms with Gasteiger partial charge in [-0.1, -0.05) is 12.8 Å². The second-order valence-corrected chi connectivity index (χ2v) is 4.82. The third-order valence-electron chi connectivity index (χ3n) is 3.68. The molecule has 0 bridgehead atoms. The molecule has 1 amide bonds. The molecule has 1 aromatic rings. The highest BCUT2D eigenvalue weighted by molar-refractivity contribution is 5.98. The average Bonchev–Trinajstić information content (AvgIpc) is 2.46. The van der Waals surface area contributed by atoms with E-state index in [-0.39, 0.29) is 23.7 Å². The van der Waals surface area contributed by atoms with Crippen LogP contribution in [0, 0.1) is 11.7 Å². The summed E-state index contributed by atoms with van der Waals surface area (Å²) in [6.45, 7) is 0. The molecule has 0 spiro atoms. The minimum absolute atomic E-state index is 0.0132. The molecule has 4 heteroatoms. The molecule has 2 unspecified atom stereocenters. The maximum atomic E-state index is 13.2. The van der Waals surface area contributed by atoms with Crippen molar-refractivity contribution in [3.8, 4) is 0 Å². The van der Waals surface area contributed by atoms with Crippen molar-refractivity contribution in [3.63, 3.8) is 0 Å². The molecule has 1 aromatic carbocycles. The molecule has 2 N–H and O–H groups in total. The highest BCUT2D eigenvalue weighted by atomic mass is 19.1. The summed E-state index contributed by atoms with van der Waals surface area (Å²) in [7, 11) is 0. The van der Waals surface area contributed by atoms with Crippen LogP contribution in [0.2, 0.25) is 0 Å².